The van der Waals surface area contributed by atoms with Gasteiger partial charge in [-0.15, -0.1) is 24.0 Å². The largest absolute Gasteiger partial charge is 0.497 e. The lowest BCUT2D eigenvalue weighted by Crippen LogP contribution is -2.43. The molecule has 2 aromatic heterocycles. The Kier molecular flexibility index (Phi) is 9.37. The number of hydrogen-bond donors (Lipinski definition) is 2. The van der Waals surface area contributed by atoms with Crippen LogP contribution in [0.25, 0.3) is 5.65 Å². The van der Waals surface area contributed by atoms with E-state index in [0.29, 0.717) is 0 Å². The van der Waals surface area contributed by atoms with Crippen molar-refractivity contribution in [3.05, 3.63) is 65.6 Å². The monoisotopic (exact) mass is 562 g/mol. The fraction of sp³-hybridized carbons (Fsp3) is 0.440. The van der Waals surface area contributed by atoms with Gasteiger partial charge in [-0.2, -0.15) is 0 Å². The average Bonchev–Trinajstić information content (AvgIpc) is 3.49. The molecule has 0 amide bonds. The number of aliphatic imine (C=N–C) groups is 1. The van der Waals surface area contributed by atoms with Crippen LogP contribution in [0, 0.1) is 6.92 Å². The van der Waals surface area contributed by atoms with Gasteiger partial charge in [0.05, 0.1) is 18.8 Å². The van der Waals surface area contributed by atoms with E-state index in [2.05, 4.69) is 68.4 Å². The lowest BCUT2D eigenvalue weighted by atomic mass is 10.1. The van der Waals surface area contributed by atoms with Crippen molar-refractivity contribution in [2.45, 2.75) is 32.2 Å². The van der Waals surface area contributed by atoms with Crippen LogP contribution < -0.4 is 15.4 Å². The molecule has 1 aromatic carbocycles. The van der Waals surface area contributed by atoms with Crippen molar-refractivity contribution in [2.75, 3.05) is 40.3 Å². The topological polar surface area (TPSA) is 66.2 Å². The summed E-state index contributed by atoms with van der Waals surface area (Å²) < 4.78 is 7.55. The van der Waals surface area contributed by atoms with Crippen LogP contribution in [0.15, 0.2) is 53.8 Å². The molecule has 2 N–H and O–H groups in total. The molecular formula is C25H35IN6O. The summed E-state index contributed by atoms with van der Waals surface area (Å²) in [4.78, 5) is 11.7. The first-order valence-electron chi connectivity index (χ1n) is 11.4. The van der Waals surface area contributed by atoms with Crippen molar-refractivity contribution in [1.29, 1.82) is 0 Å². The van der Waals surface area contributed by atoms with Gasteiger partial charge in [-0.1, -0.05) is 18.2 Å². The zero-order chi connectivity index (χ0) is 22.3. The molecule has 1 atom stereocenters. The van der Waals surface area contributed by atoms with E-state index in [1.165, 1.54) is 24.0 Å². The van der Waals surface area contributed by atoms with Crippen molar-refractivity contribution >= 4 is 35.6 Å². The van der Waals surface area contributed by atoms with Crippen LogP contribution in [-0.2, 0) is 6.42 Å². The molecule has 3 heterocycles. The maximum absolute atomic E-state index is 5.46. The molecule has 3 aromatic rings. The Labute approximate surface area is 213 Å². The van der Waals surface area contributed by atoms with E-state index in [-0.39, 0.29) is 30.0 Å². The Hall–Kier alpha value is -2.33. The number of nitrogens with one attached hydrogen (secondary N) is 2. The summed E-state index contributed by atoms with van der Waals surface area (Å²) >= 11 is 0. The summed E-state index contributed by atoms with van der Waals surface area (Å²) in [6.45, 7) is 5.91. The third kappa shape index (κ3) is 6.38. The third-order valence-corrected chi connectivity index (χ3v) is 6.15. The Bertz CT molecular complexity index is 1060. The Balaban J connectivity index is 0.00000306. The highest BCUT2D eigenvalue weighted by molar-refractivity contribution is 14.0. The van der Waals surface area contributed by atoms with Crippen LogP contribution in [0.4, 0.5) is 0 Å². The summed E-state index contributed by atoms with van der Waals surface area (Å²) in [7, 11) is 3.54. The van der Waals surface area contributed by atoms with Gasteiger partial charge in [0.25, 0.3) is 0 Å². The highest BCUT2D eigenvalue weighted by atomic mass is 127. The number of fused-ring (bicyclic) bond motifs is 1. The normalized spacial score (nSPS) is 15.3. The number of pyridine rings is 1. The van der Waals surface area contributed by atoms with E-state index in [0.717, 1.165) is 55.7 Å². The van der Waals surface area contributed by atoms with Crippen molar-refractivity contribution in [3.8, 4) is 5.75 Å². The number of likely N-dealkylation sites (tertiary alicyclic amines) is 1. The molecule has 1 aliphatic rings. The predicted molar refractivity (Wildman–Crippen MR) is 145 cm³/mol. The Morgan fingerprint density at radius 1 is 1.18 bits per heavy atom. The van der Waals surface area contributed by atoms with Crippen LogP contribution >= 0.6 is 24.0 Å². The first kappa shape index (κ1) is 25.3. The molecule has 1 saturated heterocycles. The van der Waals surface area contributed by atoms with E-state index in [9.17, 15) is 0 Å². The zero-order valence-corrected chi connectivity index (χ0v) is 22.1. The Morgan fingerprint density at radius 3 is 2.73 bits per heavy atom. The van der Waals surface area contributed by atoms with Crippen LogP contribution in [-0.4, -0.2) is 60.6 Å². The van der Waals surface area contributed by atoms with Crippen LogP contribution in [0.1, 0.15) is 35.7 Å². The summed E-state index contributed by atoms with van der Waals surface area (Å²) in [6, 6.07) is 12.8. The van der Waals surface area contributed by atoms with E-state index in [4.69, 9.17) is 9.72 Å². The van der Waals surface area contributed by atoms with E-state index >= 15 is 0 Å². The lowest BCUT2D eigenvalue weighted by Gasteiger charge is -2.29. The summed E-state index contributed by atoms with van der Waals surface area (Å²) in [5.74, 6) is 1.72. The summed E-state index contributed by atoms with van der Waals surface area (Å²) in [6.07, 6.45) is 7.50. The summed E-state index contributed by atoms with van der Waals surface area (Å²) in [5.41, 5.74) is 4.56. The molecule has 0 aliphatic carbocycles. The first-order chi connectivity index (χ1) is 15.7. The molecule has 4 rings (SSSR count). The van der Waals surface area contributed by atoms with E-state index in [1.807, 2.05) is 19.3 Å². The van der Waals surface area contributed by atoms with Gasteiger partial charge in [-0.3, -0.25) is 9.89 Å². The van der Waals surface area contributed by atoms with Gasteiger partial charge < -0.3 is 19.8 Å². The quantitative estimate of drug-likeness (QED) is 0.249. The number of methoxy groups -OCH3 is 1. The fourth-order valence-electron chi connectivity index (χ4n) is 4.41. The van der Waals surface area contributed by atoms with Crippen LogP contribution in [0.2, 0.25) is 0 Å². The number of halogens is 1. The highest BCUT2D eigenvalue weighted by Gasteiger charge is 2.24. The minimum absolute atomic E-state index is 0. The number of benzene rings is 1. The molecule has 178 valence electrons. The van der Waals surface area contributed by atoms with Gasteiger partial charge in [0.1, 0.15) is 11.4 Å². The predicted octanol–water partition coefficient (Wildman–Crippen LogP) is 3.81. The lowest BCUT2D eigenvalue weighted by molar-refractivity contribution is 0.245. The second kappa shape index (κ2) is 12.2. The smallest absolute Gasteiger partial charge is 0.191 e. The molecule has 1 fully saturated rings. The average molecular weight is 563 g/mol. The maximum atomic E-state index is 5.46. The molecule has 1 aliphatic heterocycles. The van der Waals surface area contributed by atoms with E-state index in [1.54, 1.807) is 7.11 Å². The van der Waals surface area contributed by atoms with Gasteiger partial charge in [0.15, 0.2) is 5.96 Å². The van der Waals surface area contributed by atoms with Crippen molar-refractivity contribution in [1.82, 2.24) is 24.9 Å². The van der Waals surface area contributed by atoms with Gasteiger partial charge >= 0.3 is 0 Å². The minimum Gasteiger partial charge on any atom is -0.497 e. The van der Waals surface area contributed by atoms with Crippen LogP contribution in [0.3, 0.4) is 0 Å². The first-order valence-corrected chi connectivity index (χ1v) is 11.4. The molecule has 33 heavy (non-hydrogen) atoms. The highest BCUT2D eigenvalue weighted by Crippen LogP contribution is 2.27. The molecular weight excluding hydrogens is 527 g/mol. The molecule has 1 unspecified atom stereocenters. The maximum Gasteiger partial charge on any atom is 0.191 e. The number of nitrogens with zero attached hydrogens (tertiary/aromatic N) is 4. The molecule has 0 saturated carbocycles. The number of aromatic nitrogens is 2. The second-order valence-electron chi connectivity index (χ2n) is 8.32. The number of ether oxygens (including phenoxy) is 1. The van der Waals surface area contributed by atoms with Crippen LogP contribution in [0.5, 0.6) is 5.75 Å². The standard InChI is InChI=1S/C25H34N6O.HI/c1-19-8-7-15-31-18-21(29-24(19)31)11-12-27-25(26-2)28-17-23(30-13-4-5-14-30)20-9-6-10-22(16-20)32-3;/h6-10,15-16,18,23H,4-5,11-14,17H2,1-3H3,(H2,26,27,28);1H. The number of aryl methyl sites for hydroxylation is 1. The van der Waals surface area contributed by atoms with Gasteiger partial charge in [-0.05, 0) is 62.2 Å². The number of rotatable bonds is 8. The molecule has 0 spiro atoms. The second-order valence-corrected chi connectivity index (χ2v) is 8.32. The van der Waals surface area contributed by atoms with Crippen molar-refractivity contribution < 1.29 is 4.74 Å². The number of guanidine groups is 1. The molecule has 7 nitrogen and oxygen atoms in total. The zero-order valence-electron chi connectivity index (χ0n) is 19.8. The SMILES string of the molecule is CN=C(NCCc1cn2cccc(C)c2n1)NCC(c1cccc(OC)c1)N1CCCC1.I. The van der Waals surface area contributed by atoms with Gasteiger partial charge in [0.2, 0.25) is 0 Å². The number of hydrogen-bond acceptors (Lipinski definition) is 4. The minimum atomic E-state index is 0. The summed E-state index contributed by atoms with van der Waals surface area (Å²) in [5, 5.41) is 6.98. The van der Waals surface area contributed by atoms with Crippen molar-refractivity contribution in [3.63, 3.8) is 0 Å². The van der Waals surface area contributed by atoms with Crippen molar-refractivity contribution in [2.24, 2.45) is 4.99 Å². The number of imidazole rings is 1. The molecule has 8 heteroatoms. The molecule has 0 bridgehead atoms. The van der Waals surface area contributed by atoms with Gasteiger partial charge in [-0.25, -0.2) is 4.98 Å². The molecule has 0 radical (unpaired) electrons. The third-order valence-electron chi connectivity index (χ3n) is 6.15. The Morgan fingerprint density at radius 2 is 2.00 bits per heavy atom. The van der Waals surface area contributed by atoms with Gasteiger partial charge in [0, 0.05) is 39.0 Å². The van der Waals surface area contributed by atoms with E-state index < -0.39 is 0 Å². The fourth-order valence-corrected chi connectivity index (χ4v) is 4.41.